The zero-order valence-electron chi connectivity index (χ0n) is 19.4. The normalized spacial score (nSPS) is 16.4. The van der Waals surface area contributed by atoms with Gasteiger partial charge in [-0.05, 0) is 55.3 Å². The number of rotatable bonds is 7. The lowest BCUT2D eigenvalue weighted by atomic mass is 10.1. The predicted octanol–water partition coefficient (Wildman–Crippen LogP) is 6.85. The van der Waals surface area contributed by atoms with Crippen molar-refractivity contribution in [2.24, 2.45) is 0 Å². The fourth-order valence-corrected chi connectivity index (χ4v) is 5.02. The van der Waals surface area contributed by atoms with Gasteiger partial charge in [-0.1, -0.05) is 0 Å². The number of alkyl halides is 5. The number of ether oxygens (including phenoxy) is 1. The van der Waals surface area contributed by atoms with E-state index >= 15 is 0 Å². The van der Waals surface area contributed by atoms with Crippen LogP contribution in [0.1, 0.15) is 24.8 Å². The van der Waals surface area contributed by atoms with Crippen LogP contribution in [0.3, 0.4) is 0 Å². The molecule has 1 aromatic carbocycles. The summed E-state index contributed by atoms with van der Waals surface area (Å²) in [6, 6.07) is 6.72. The molecule has 0 radical (unpaired) electrons. The summed E-state index contributed by atoms with van der Waals surface area (Å²) >= 11 is 1.41. The maximum atomic E-state index is 14.3. The van der Waals surface area contributed by atoms with E-state index in [-0.39, 0.29) is 12.8 Å². The molecule has 4 aromatic rings. The molecule has 0 saturated carbocycles. The first-order valence-corrected chi connectivity index (χ1v) is 12.6. The Morgan fingerprint density at radius 3 is 2.54 bits per heavy atom. The standard InChI is InChI=1S/C25H22F6N4OS/c26-19-12-16(3-6-21(19)36-25(29,30)31)20-5-4-18-17(2-1-9-34-10-7-24(27,28)8-11-34)13-35(23(18)33-20)22-14-37-15-32-22/h3-6,12-15H,1-2,7-11H2. The Morgan fingerprint density at radius 1 is 1.08 bits per heavy atom. The van der Waals surface area contributed by atoms with Crippen LogP contribution >= 0.6 is 11.3 Å². The number of halogens is 6. The Bertz CT molecular complexity index is 1380. The Kier molecular flexibility index (Phi) is 6.88. The Labute approximate surface area is 212 Å². The molecule has 0 amide bonds. The van der Waals surface area contributed by atoms with Crippen molar-refractivity contribution in [3.05, 3.63) is 58.8 Å². The van der Waals surface area contributed by atoms with Crippen molar-refractivity contribution in [3.8, 4) is 22.8 Å². The van der Waals surface area contributed by atoms with E-state index in [1.54, 1.807) is 11.6 Å². The molecule has 5 nitrogen and oxygen atoms in total. The quantitative estimate of drug-likeness (QED) is 0.241. The molecule has 0 N–H and O–H groups in total. The van der Waals surface area contributed by atoms with Crippen LogP contribution in [0.25, 0.3) is 28.1 Å². The average molecular weight is 541 g/mol. The number of fused-ring (bicyclic) bond motifs is 1. The number of likely N-dealkylation sites (tertiary alicyclic amines) is 1. The largest absolute Gasteiger partial charge is 0.573 e. The molecule has 0 aliphatic carbocycles. The van der Waals surface area contributed by atoms with Crippen molar-refractivity contribution >= 4 is 22.4 Å². The maximum Gasteiger partial charge on any atom is 0.573 e. The summed E-state index contributed by atoms with van der Waals surface area (Å²) in [5.74, 6) is -3.98. The highest BCUT2D eigenvalue weighted by Crippen LogP contribution is 2.32. The molecule has 37 heavy (non-hydrogen) atoms. The lowest BCUT2D eigenvalue weighted by molar-refractivity contribution is -0.275. The summed E-state index contributed by atoms with van der Waals surface area (Å²) in [7, 11) is 0. The van der Waals surface area contributed by atoms with Gasteiger partial charge >= 0.3 is 6.36 Å². The molecule has 1 saturated heterocycles. The van der Waals surface area contributed by atoms with Gasteiger partial charge in [0.05, 0.1) is 11.2 Å². The zero-order valence-corrected chi connectivity index (χ0v) is 20.3. The van der Waals surface area contributed by atoms with Crippen LogP contribution in [0.5, 0.6) is 5.75 Å². The van der Waals surface area contributed by atoms with Crippen LogP contribution in [-0.2, 0) is 6.42 Å². The molecule has 3 aromatic heterocycles. The smallest absolute Gasteiger partial charge is 0.403 e. The fourth-order valence-electron chi connectivity index (χ4n) is 4.49. The van der Waals surface area contributed by atoms with Crippen molar-refractivity contribution in [2.45, 2.75) is 38.0 Å². The molecule has 0 spiro atoms. The number of thiazole rings is 1. The topological polar surface area (TPSA) is 43.2 Å². The first-order chi connectivity index (χ1) is 17.6. The number of hydrogen-bond donors (Lipinski definition) is 0. The number of nitrogens with zero attached hydrogens (tertiary/aromatic N) is 4. The monoisotopic (exact) mass is 540 g/mol. The second-order valence-electron chi connectivity index (χ2n) is 8.93. The number of benzene rings is 1. The van der Waals surface area contributed by atoms with E-state index in [1.165, 1.54) is 17.4 Å². The minimum absolute atomic E-state index is 0.118. The molecular weight excluding hydrogens is 518 g/mol. The highest BCUT2D eigenvalue weighted by atomic mass is 32.1. The lowest BCUT2D eigenvalue weighted by Gasteiger charge is -2.31. The molecule has 0 unspecified atom stereocenters. The number of aryl methyl sites for hydroxylation is 1. The van der Waals surface area contributed by atoms with Crippen molar-refractivity contribution < 1.29 is 31.1 Å². The zero-order chi connectivity index (χ0) is 26.2. The van der Waals surface area contributed by atoms with E-state index in [0.717, 1.165) is 29.5 Å². The van der Waals surface area contributed by atoms with Gasteiger partial charge in [0.25, 0.3) is 5.92 Å². The van der Waals surface area contributed by atoms with Gasteiger partial charge < -0.3 is 9.64 Å². The van der Waals surface area contributed by atoms with Gasteiger partial charge in [-0.15, -0.1) is 24.5 Å². The summed E-state index contributed by atoms with van der Waals surface area (Å²) < 4.78 is 84.1. The Morgan fingerprint density at radius 2 is 1.86 bits per heavy atom. The van der Waals surface area contributed by atoms with Crippen LogP contribution in [0, 0.1) is 5.82 Å². The number of hydrogen-bond acceptors (Lipinski definition) is 5. The van der Waals surface area contributed by atoms with Gasteiger partial charge in [0.15, 0.2) is 11.6 Å². The average Bonchev–Trinajstić information content (AvgIpc) is 3.49. The van der Waals surface area contributed by atoms with E-state index in [0.29, 0.717) is 48.8 Å². The predicted molar refractivity (Wildman–Crippen MR) is 128 cm³/mol. The van der Waals surface area contributed by atoms with Gasteiger partial charge in [0, 0.05) is 48.5 Å². The molecule has 1 fully saturated rings. The summed E-state index contributed by atoms with van der Waals surface area (Å²) in [5, 5.41) is 2.72. The minimum Gasteiger partial charge on any atom is -0.403 e. The third-order valence-corrected chi connectivity index (χ3v) is 6.94. The fraction of sp³-hybridized carbons (Fsp3) is 0.360. The first-order valence-electron chi connectivity index (χ1n) is 11.6. The van der Waals surface area contributed by atoms with Crippen molar-refractivity contribution in [2.75, 3.05) is 19.6 Å². The third kappa shape index (κ3) is 5.90. The highest BCUT2D eigenvalue weighted by Gasteiger charge is 2.34. The molecule has 0 atom stereocenters. The van der Waals surface area contributed by atoms with Crippen LogP contribution in [0.4, 0.5) is 26.3 Å². The van der Waals surface area contributed by atoms with Crippen molar-refractivity contribution in [1.29, 1.82) is 0 Å². The van der Waals surface area contributed by atoms with Gasteiger partial charge in [0.2, 0.25) is 0 Å². The molecule has 0 bridgehead atoms. The van der Waals surface area contributed by atoms with Crippen LogP contribution < -0.4 is 4.74 Å². The minimum atomic E-state index is -5.00. The van der Waals surface area contributed by atoms with Gasteiger partial charge in [-0.25, -0.2) is 23.1 Å². The van der Waals surface area contributed by atoms with Crippen molar-refractivity contribution in [3.63, 3.8) is 0 Å². The SMILES string of the molecule is Fc1cc(-c2ccc3c(CCCN4CCC(F)(F)CC4)cn(-c4cscn4)c3n2)ccc1OC(F)(F)F. The second kappa shape index (κ2) is 9.97. The number of pyridine rings is 1. The molecule has 1 aliphatic rings. The van der Waals surface area contributed by atoms with E-state index in [2.05, 4.69) is 14.7 Å². The molecule has 12 heteroatoms. The van der Waals surface area contributed by atoms with Crippen LogP contribution in [0.2, 0.25) is 0 Å². The van der Waals surface area contributed by atoms with Crippen molar-refractivity contribution in [1.82, 2.24) is 19.4 Å². The van der Waals surface area contributed by atoms with E-state index in [9.17, 15) is 26.3 Å². The van der Waals surface area contributed by atoms with Gasteiger partial charge in [-0.2, -0.15) is 0 Å². The van der Waals surface area contributed by atoms with E-state index < -0.39 is 23.9 Å². The molecular formula is C25H22F6N4OS. The van der Waals surface area contributed by atoms with Crippen LogP contribution in [0.15, 0.2) is 47.4 Å². The Balaban J connectivity index is 1.40. The van der Waals surface area contributed by atoms with E-state index in [1.807, 2.05) is 27.1 Å². The summed E-state index contributed by atoms with van der Waals surface area (Å²) in [6.45, 7) is 1.46. The summed E-state index contributed by atoms with van der Waals surface area (Å²) in [4.78, 5) is 11.1. The molecule has 4 heterocycles. The highest BCUT2D eigenvalue weighted by molar-refractivity contribution is 7.07. The molecule has 5 rings (SSSR count). The van der Waals surface area contributed by atoms with E-state index in [4.69, 9.17) is 0 Å². The number of piperidine rings is 1. The number of aromatic nitrogens is 3. The lowest BCUT2D eigenvalue weighted by Crippen LogP contribution is -2.39. The summed E-state index contributed by atoms with van der Waals surface area (Å²) in [6.07, 6.45) is -1.83. The first kappa shape index (κ1) is 25.5. The summed E-state index contributed by atoms with van der Waals surface area (Å²) in [5.41, 5.74) is 3.94. The van der Waals surface area contributed by atoms with Crippen LogP contribution in [-0.4, -0.2) is 51.4 Å². The molecule has 196 valence electrons. The second-order valence-corrected chi connectivity index (χ2v) is 9.65. The van der Waals surface area contributed by atoms with Gasteiger partial charge in [0.1, 0.15) is 11.5 Å². The third-order valence-electron chi connectivity index (χ3n) is 6.36. The molecule has 1 aliphatic heterocycles. The van der Waals surface area contributed by atoms with Gasteiger partial charge in [-0.3, -0.25) is 4.57 Å². The maximum absolute atomic E-state index is 14.3. The Hall–Kier alpha value is -3.12.